The van der Waals surface area contributed by atoms with Crippen molar-refractivity contribution in [2.24, 2.45) is 0 Å². The van der Waals surface area contributed by atoms with E-state index in [1.54, 1.807) is 16.9 Å². The van der Waals surface area contributed by atoms with Gasteiger partial charge in [0.15, 0.2) is 5.82 Å². The zero-order valence-electron chi connectivity index (χ0n) is 9.71. The summed E-state index contributed by atoms with van der Waals surface area (Å²) in [5, 5.41) is 0. The first-order valence-electron chi connectivity index (χ1n) is 5.34. The molecule has 0 saturated heterocycles. The van der Waals surface area contributed by atoms with Gasteiger partial charge in [0.25, 0.3) is 5.56 Å². The molecule has 16 heavy (non-hydrogen) atoms. The Hall–Kier alpha value is -1.84. The first-order chi connectivity index (χ1) is 7.61. The molecule has 2 aromatic heterocycles. The fraction of sp³-hybridized carbons (Fsp3) is 0.333. The van der Waals surface area contributed by atoms with Crippen LogP contribution in [-0.4, -0.2) is 14.3 Å². The molecule has 0 aromatic carbocycles. The molecule has 2 heterocycles. The van der Waals surface area contributed by atoms with Gasteiger partial charge in [-0.25, -0.2) is 4.98 Å². The molecule has 0 saturated carbocycles. The monoisotopic (exact) mass is 217 g/mol. The van der Waals surface area contributed by atoms with E-state index in [0.29, 0.717) is 5.82 Å². The first-order valence-corrected chi connectivity index (χ1v) is 5.34. The van der Waals surface area contributed by atoms with Crippen molar-refractivity contribution in [2.75, 3.05) is 0 Å². The highest BCUT2D eigenvalue weighted by atomic mass is 16.1. The summed E-state index contributed by atoms with van der Waals surface area (Å²) in [6.07, 6.45) is 1.69. The fourth-order valence-electron chi connectivity index (χ4n) is 1.91. The Morgan fingerprint density at radius 3 is 2.62 bits per heavy atom. The highest BCUT2D eigenvalue weighted by Gasteiger charge is 2.12. The SMILES string of the molecule is Cc1cc(=O)n(-c2ccccn2)n1C(C)C. The third-order valence-corrected chi connectivity index (χ3v) is 2.47. The summed E-state index contributed by atoms with van der Waals surface area (Å²) in [6, 6.07) is 7.41. The van der Waals surface area contributed by atoms with Crippen molar-refractivity contribution >= 4 is 0 Å². The predicted octanol–water partition coefficient (Wildman–Crippen LogP) is 1.92. The summed E-state index contributed by atoms with van der Waals surface area (Å²) in [7, 11) is 0. The molecule has 0 radical (unpaired) electrons. The van der Waals surface area contributed by atoms with Crippen LogP contribution >= 0.6 is 0 Å². The first kappa shape index (κ1) is 10.7. The Bertz CT molecular complexity index is 537. The summed E-state index contributed by atoms with van der Waals surface area (Å²) >= 11 is 0. The zero-order chi connectivity index (χ0) is 11.7. The van der Waals surface area contributed by atoms with Gasteiger partial charge >= 0.3 is 0 Å². The van der Waals surface area contributed by atoms with Crippen LogP contribution in [-0.2, 0) is 0 Å². The average molecular weight is 217 g/mol. The van der Waals surface area contributed by atoms with Gasteiger partial charge in [-0.1, -0.05) is 6.07 Å². The van der Waals surface area contributed by atoms with Gasteiger partial charge in [-0.15, -0.1) is 0 Å². The molecule has 4 heteroatoms. The molecule has 0 fully saturated rings. The van der Waals surface area contributed by atoms with E-state index >= 15 is 0 Å². The van der Waals surface area contributed by atoms with E-state index in [2.05, 4.69) is 4.98 Å². The number of nitrogens with zero attached hydrogens (tertiary/aromatic N) is 3. The van der Waals surface area contributed by atoms with Crippen LogP contribution in [0.2, 0.25) is 0 Å². The highest BCUT2D eigenvalue weighted by molar-refractivity contribution is 5.22. The average Bonchev–Trinajstić information content (AvgIpc) is 2.55. The fourth-order valence-corrected chi connectivity index (χ4v) is 1.91. The van der Waals surface area contributed by atoms with Gasteiger partial charge in [0.05, 0.1) is 0 Å². The van der Waals surface area contributed by atoms with Gasteiger partial charge < -0.3 is 0 Å². The second-order valence-corrected chi connectivity index (χ2v) is 4.06. The van der Waals surface area contributed by atoms with Gasteiger partial charge in [-0.05, 0) is 32.9 Å². The largest absolute Gasteiger partial charge is 0.278 e. The summed E-state index contributed by atoms with van der Waals surface area (Å²) in [4.78, 5) is 16.1. The predicted molar refractivity (Wildman–Crippen MR) is 62.9 cm³/mol. The summed E-state index contributed by atoms with van der Waals surface area (Å²) in [5.74, 6) is 0.661. The lowest BCUT2D eigenvalue weighted by Gasteiger charge is -2.16. The lowest BCUT2D eigenvalue weighted by Crippen LogP contribution is -2.23. The van der Waals surface area contributed by atoms with Crippen molar-refractivity contribution in [2.45, 2.75) is 26.8 Å². The van der Waals surface area contributed by atoms with Crippen LogP contribution in [0.3, 0.4) is 0 Å². The molecule has 0 spiro atoms. The minimum atomic E-state index is -0.0371. The number of aromatic nitrogens is 3. The topological polar surface area (TPSA) is 39.8 Å². The molecule has 0 N–H and O–H groups in total. The summed E-state index contributed by atoms with van der Waals surface area (Å²) in [5.41, 5.74) is 0.913. The van der Waals surface area contributed by atoms with Gasteiger partial charge in [0.2, 0.25) is 0 Å². The van der Waals surface area contributed by atoms with Crippen molar-refractivity contribution in [3.05, 3.63) is 46.5 Å². The molecule has 0 bridgehead atoms. The van der Waals surface area contributed by atoms with E-state index in [4.69, 9.17) is 0 Å². The molecule has 0 amide bonds. The Labute approximate surface area is 94.1 Å². The number of hydrogen-bond donors (Lipinski definition) is 0. The molecule has 0 aliphatic carbocycles. The third kappa shape index (κ3) is 1.66. The zero-order valence-corrected chi connectivity index (χ0v) is 9.71. The molecular weight excluding hydrogens is 202 g/mol. The van der Waals surface area contributed by atoms with Crippen molar-refractivity contribution in [3.8, 4) is 5.82 Å². The maximum atomic E-state index is 11.9. The number of rotatable bonds is 2. The molecule has 0 unspecified atom stereocenters. The van der Waals surface area contributed by atoms with Crippen molar-refractivity contribution < 1.29 is 0 Å². The maximum absolute atomic E-state index is 11.9. The summed E-state index contributed by atoms with van der Waals surface area (Å²) in [6.45, 7) is 6.03. The lowest BCUT2D eigenvalue weighted by molar-refractivity contribution is 0.462. The van der Waals surface area contributed by atoms with E-state index in [1.165, 1.54) is 0 Å². The molecule has 0 aliphatic rings. The van der Waals surface area contributed by atoms with Gasteiger partial charge in [0, 0.05) is 24.0 Å². The van der Waals surface area contributed by atoms with Crippen molar-refractivity contribution in [3.63, 3.8) is 0 Å². The van der Waals surface area contributed by atoms with Gasteiger partial charge in [-0.3, -0.25) is 9.48 Å². The second-order valence-electron chi connectivity index (χ2n) is 4.06. The van der Waals surface area contributed by atoms with Gasteiger partial charge in [0.1, 0.15) is 0 Å². The van der Waals surface area contributed by atoms with E-state index in [0.717, 1.165) is 5.69 Å². The summed E-state index contributed by atoms with van der Waals surface area (Å²) < 4.78 is 3.56. The third-order valence-electron chi connectivity index (χ3n) is 2.47. The van der Waals surface area contributed by atoms with Crippen LogP contribution in [0.4, 0.5) is 0 Å². The quantitative estimate of drug-likeness (QED) is 0.771. The van der Waals surface area contributed by atoms with Gasteiger partial charge in [-0.2, -0.15) is 4.68 Å². The smallest absolute Gasteiger partial charge is 0.273 e. The van der Waals surface area contributed by atoms with Crippen LogP contribution in [0.5, 0.6) is 0 Å². The second kappa shape index (κ2) is 3.96. The van der Waals surface area contributed by atoms with Crippen LogP contribution in [0.15, 0.2) is 35.3 Å². The lowest BCUT2D eigenvalue weighted by atomic mass is 10.4. The van der Waals surface area contributed by atoms with Crippen LogP contribution < -0.4 is 5.56 Å². The highest BCUT2D eigenvalue weighted by Crippen LogP contribution is 2.10. The van der Waals surface area contributed by atoms with Crippen molar-refractivity contribution in [1.82, 2.24) is 14.3 Å². The van der Waals surface area contributed by atoms with E-state index in [9.17, 15) is 4.79 Å². The minimum absolute atomic E-state index is 0.0371. The number of aryl methyl sites for hydroxylation is 1. The van der Waals surface area contributed by atoms with Crippen LogP contribution in [0.1, 0.15) is 25.6 Å². The normalized spacial score (nSPS) is 11.0. The Balaban J connectivity index is 2.70. The number of hydrogen-bond acceptors (Lipinski definition) is 2. The Morgan fingerprint density at radius 2 is 2.06 bits per heavy atom. The molecule has 2 aromatic rings. The number of pyridine rings is 1. The molecule has 0 atom stereocenters. The van der Waals surface area contributed by atoms with E-state index in [-0.39, 0.29) is 11.6 Å². The Morgan fingerprint density at radius 1 is 1.31 bits per heavy atom. The molecule has 4 nitrogen and oxygen atoms in total. The molecular formula is C12H15N3O. The van der Waals surface area contributed by atoms with Crippen LogP contribution in [0.25, 0.3) is 5.82 Å². The molecule has 84 valence electrons. The maximum Gasteiger partial charge on any atom is 0.273 e. The standard InChI is InChI=1S/C12H15N3O/c1-9(2)14-10(3)8-12(16)15(14)11-6-4-5-7-13-11/h4-9H,1-3H3. The molecule has 2 rings (SSSR count). The molecule has 0 aliphatic heterocycles. The Kier molecular flexibility index (Phi) is 2.64. The van der Waals surface area contributed by atoms with E-state index in [1.807, 2.05) is 43.7 Å². The minimum Gasteiger partial charge on any atom is -0.278 e. The van der Waals surface area contributed by atoms with E-state index < -0.39 is 0 Å². The van der Waals surface area contributed by atoms with Crippen LogP contribution in [0, 0.1) is 6.92 Å². The van der Waals surface area contributed by atoms with Crippen molar-refractivity contribution in [1.29, 1.82) is 0 Å².